The van der Waals surface area contributed by atoms with Crippen LogP contribution in [0.3, 0.4) is 0 Å². The third-order valence-electron chi connectivity index (χ3n) is 3.31. The monoisotopic (exact) mass is 333 g/mol. The van der Waals surface area contributed by atoms with Crippen LogP contribution in [-0.2, 0) is 9.53 Å². The highest BCUT2D eigenvalue weighted by atomic mass is 35.5. The summed E-state index contributed by atoms with van der Waals surface area (Å²) in [4.78, 5) is 14.1. The van der Waals surface area contributed by atoms with E-state index >= 15 is 0 Å². The van der Waals surface area contributed by atoms with E-state index in [9.17, 15) is 4.79 Å². The fourth-order valence-electron chi connectivity index (χ4n) is 2.14. The summed E-state index contributed by atoms with van der Waals surface area (Å²) in [6.45, 7) is 4.80. The molecular weight excluding hydrogens is 313 g/mol. The summed E-state index contributed by atoms with van der Waals surface area (Å²) in [7, 11) is 0. The first kappa shape index (κ1) is 18.2. The zero-order chi connectivity index (χ0) is 14.5. The van der Waals surface area contributed by atoms with Crippen LogP contribution >= 0.6 is 24.0 Å². The first-order valence-corrected chi connectivity index (χ1v) is 7.06. The SMILES string of the molecule is Cc1ccc(NC(=O)CN2CCOC(CN)C2)cc1Cl.Cl. The van der Waals surface area contributed by atoms with Crippen molar-refractivity contribution in [3.05, 3.63) is 28.8 Å². The summed E-state index contributed by atoms with van der Waals surface area (Å²) in [5.74, 6) is -0.0532. The number of hydrogen-bond donors (Lipinski definition) is 2. The third kappa shape index (κ3) is 5.45. The smallest absolute Gasteiger partial charge is 0.238 e. The van der Waals surface area contributed by atoms with E-state index in [4.69, 9.17) is 22.1 Å². The molecule has 1 aliphatic heterocycles. The second kappa shape index (κ2) is 8.56. The second-order valence-corrected chi connectivity index (χ2v) is 5.38. The van der Waals surface area contributed by atoms with Crippen LogP contribution in [0.25, 0.3) is 0 Å². The number of benzene rings is 1. The predicted octanol–water partition coefficient (Wildman–Crippen LogP) is 1.67. The minimum Gasteiger partial charge on any atom is -0.374 e. The minimum atomic E-state index is -0.0532. The van der Waals surface area contributed by atoms with E-state index in [0.717, 1.165) is 12.1 Å². The van der Waals surface area contributed by atoms with Crippen LogP contribution in [0.15, 0.2) is 18.2 Å². The molecule has 0 spiro atoms. The second-order valence-electron chi connectivity index (χ2n) is 4.98. The topological polar surface area (TPSA) is 67.6 Å². The van der Waals surface area contributed by atoms with Gasteiger partial charge >= 0.3 is 0 Å². The quantitative estimate of drug-likeness (QED) is 0.879. The van der Waals surface area contributed by atoms with E-state index in [1.807, 2.05) is 24.0 Å². The van der Waals surface area contributed by atoms with Crippen molar-refractivity contribution < 1.29 is 9.53 Å². The summed E-state index contributed by atoms with van der Waals surface area (Å²) in [6, 6.07) is 5.50. The number of halogens is 2. The van der Waals surface area contributed by atoms with E-state index in [1.165, 1.54) is 0 Å². The molecular formula is C14H21Cl2N3O2. The molecule has 1 aromatic rings. The summed E-state index contributed by atoms with van der Waals surface area (Å²) in [6.07, 6.45) is 0.0189. The molecule has 0 aliphatic carbocycles. The summed E-state index contributed by atoms with van der Waals surface area (Å²) in [5, 5.41) is 3.50. The first-order valence-electron chi connectivity index (χ1n) is 6.68. The maximum absolute atomic E-state index is 12.0. The standard InChI is InChI=1S/C14H20ClN3O2.ClH/c1-10-2-3-11(6-13(10)15)17-14(19)9-18-4-5-20-12(7-16)8-18;/h2-3,6,12H,4-5,7-9,16H2,1H3,(H,17,19);1H. The Balaban J connectivity index is 0.00000220. The molecule has 0 bridgehead atoms. The van der Waals surface area contributed by atoms with Gasteiger partial charge in [-0.2, -0.15) is 0 Å². The van der Waals surface area contributed by atoms with Crippen LogP contribution in [0.5, 0.6) is 0 Å². The van der Waals surface area contributed by atoms with Gasteiger partial charge in [0.15, 0.2) is 0 Å². The van der Waals surface area contributed by atoms with Crippen LogP contribution in [0.2, 0.25) is 5.02 Å². The van der Waals surface area contributed by atoms with Gasteiger partial charge in [-0.1, -0.05) is 17.7 Å². The van der Waals surface area contributed by atoms with Gasteiger partial charge in [0.25, 0.3) is 0 Å². The predicted molar refractivity (Wildman–Crippen MR) is 87.3 cm³/mol. The van der Waals surface area contributed by atoms with Gasteiger partial charge in [0, 0.05) is 30.3 Å². The Morgan fingerprint density at radius 2 is 2.33 bits per heavy atom. The van der Waals surface area contributed by atoms with Crippen LogP contribution < -0.4 is 11.1 Å². The molecule has 1 fully saturated rings. The number of nitrogens with zero attached hydrogens (tertiary/aromatic N) is 1. The molecule has 0 saturated carbocycles. The van der Waals surface area contributed by atoms with E-state index in [0.29, 0.717) is 37.0 Å². The highest BCUT2D eigenvalue weighted by Gasteiger charge is 2.21. The normalized spacial score (nSPS) is 18.9. The lowest BCUT2D eigenvalue weighted by Crippen LogP contribution is -2.48. The summed E-state index contributed by atoms with van der Waals surface area (Å²) in [5.41, 5.74) is 7.29. The molecule has 118 valence electrons. The molecule has 2 rings (SSSR count). The molecule has 1 aliphatic rings. The molecule has 1 aromatic carbocycles. The first-order chi connectivity index (χ1) is 9.58. The Labute approximate surface area is 136 Å². The summed E-state index contributed by atoms with van der Waals surface area (Å²) < 4.78 is 5.47. The number of carbonyl (C=O) groups excluding carboxylic acids is 1. The van der Waals surface area contributed by atoms with E-state index in [2.05, 4.69) is 5.32 Å². The Morgan fingerprint density at radius 3 is 3.00 bits per heavy atom. The van der Waals surface area contributed by atoms with Gasteiger partial charge in [-0.25, -0.2) is 0 Å². The maximum atomic E-state index is 12.0. The number of nitrogens with one attached hydrogen (secondary N) is 1. The van der Waals surface area contributed by atoms with Crippen molar-refractivity contribution in [2.75, 3.05) is 38.1 Å². The number of anilines is 1. The third-order valence-corrected chi connectivity index (χ3v) is 3.72. The lowest BCUT2D eigenvalue weighted by molar-refractivity contribution is -0.119. The Bertz CT molecular complexity index is 485. The molecule has 5 nitrogen and oxygen atoms in total. The fraction of sp³-hybridized carbons (Fsp3) is 0.500. The largest absolute Gasteiger partial charge is 0.374 e. The van der Waals surface area contributed by atoms with Gasteiger partial charge in [0.05, 0.1) is 19.3 Å². The Morgan fingerprint density at radius 1 is 1.57 bits per heavy atom. The molecule has 1 amide bonds. The molecule has 0 aromatic heterocycles. The Hall–Kier alpha value is -0.850. The average Bonchev–Trinajstić information content (AvgIpc) is 2.43. The average molecular weight is 334 g/mol. The van der Waals surface area contributed by atoms with Crippen molar-refractivity contribution in [3.8, 4) is 0 Å². The lowest BCUT2D eigenvalue weighted by atomic mass is 10.2. The van der Waals surface area contributed by atoms with Crippen molar-refractivity contribution in [1.82, 2.24) is 4.90 Å². The zero-order valence-corrected chi connectivity index (χ0v) is 13.5. The van der Waals surface area contributed by atoms with Crippen molar-refractivity contribution in [2.45, 2.75) is 13.0 Å². The molecule has 1 saturated heterocycles. The van der Waals surface area contributed by atoms with E-state index in [1.54, 1.807) is 6.07 Å². The van der Waals surface area contributed by atoms with E-state index < -0.39 is 0 Å². The van der Waals surface area contributed by atoms with Crippen molar-refractivity contribution >= 4 is 35.6 Å². The molecule has 7 heteroatoms. The van der Waals surface area contributed by atoms with Gasteiger partial charge < -0.3 is 15.8 Å². The van der Waals surface area contributed by atoms with Gasteiger partial charge in [-0.05, 0) is 24.6 Å². The number of ether oxygens (including phenoxy) is 1. The highest BCUT2D eigenvalue weighted by Crippen LogP contribution is 2.19. The lowest BCUT2D eigenvalue weighted by Gasteiger charge is -2.31. The van der Waals surface area contributed by atoms with Crippen molar-refractivity contribution in [2.24, 2.45) is 5.73 Å². The Kier molecular flexibility index (Phi) is 7.42. The molecule has 1 heterocycles. The molecule has 21 heavy (non-hydrogen) atoms. The number of amides is 1. The maximum Gasteiger partial charge on any atom is 0.238 e. The van der Waals surface area contributed by atoms with Crippen LogP contribution in [0.4, 0.5) is 5.69 Å². The fourth-order valence-corrected chi connectivity index (χ4v) is 2.32. The molecule has 0 radical (unpaired) electrons. The van der Waals surface area contributed by atoms with Gasteiger partial charge in [0.1, 0.15) is 0 Å². The summed E-state index contributed by atoms with van der Waals surface area (Å²) >= 11 is 6.03. The van der Waals surface area contributed by atoms with Crippen LogP contribution in [0.1, 0.15) is 5.56 Å². The van der Waals surface area contributed by atoms with Crippen LogP contribution in [-0.4, -0.2) is 49.7 Å². The number of carbonyl (C=O) groups is 1. The molecule has 1 atom stereocenters. The van der Waals surface area contributed by atoms with Crippen molar-refractivity contribution in [3.63, 3.8) is 0 Å². The van der Waals surface area contributed by atoms with E-state index in [-0.39, 0.29) is 24.4 Å². The molecule has 3 N–H and O–H groups in total. The number of morpholine rings is 1. The van der Waals surface area contributed by atoms with Gasteiger partial charge in [-0.3, -0.25) is 9.69 Å². The highest BCUT2D eigenvalue weighted by molar-refractivity contribution is 6.31. The number of aryl methyl sites for hydroxylation is 1. The number of rotatable bonds is 4. The minimum absolute atomic E-state index is 0. The van der Waals surface area contributed by atoms with Crippen molar-refractivity contribution in [1.29, 1.82) is 0 Å². The zero-order valence-electron chi connectivity index (χ0n) is 12.0. The van der Waals surface area contributed by atoms with Gasteiger partial charge in [0.2, 0.25) is 5.91 Å². The van der Waals surface area contributed by atoms with Gasteiger partial charge in [-0.15, -0.1) is 12.4 Å². The number of hydrogen-bond acceptors (Lipinski definition) is 4. The number of nitrogens with two attached hydrogens (primary N) is 1. The molecule has 1 unspecified atom stereocenters. The van der Waals surface area contributed by atoms with Crippen LogP contribution in [0, 0.1) is 6.92 Å².